The Balaban J connectivity index is 2.42. The van der Waals surface area contributed by atoms with Crippen LogP contribution in [0.1, 0.15) is 19.6 Å². The first-order chi connectivity index (χ1) is 9.51. The second-order valence-corrected chi connectivity index (χ2v) is 4.59. The van der Waals surface area contributed by atoms with Crippen molar-refractivity contribution in [3.05, 3.63) is 27.0 Å². The Bertz CT molecular complexity index is 582. The van der Waals surface area contributed by atoms with Gasteiger partial charge in [-0.2, -0.15) is 9.78 Å². The molecule has 9 nitrogen and oxygen atoms in total. The van der Waals surface area contributed by atoms with Crippen molar-refractivity contribution in [2.45, 2.75) is 44.4 Å². The molecule has 0 bridgehead atoms. The fourth-order valence-corrected chi connectivity index (χ4v) is 2.13. The summed E-state index contributed by atoms with van der Waals surface area (Å²) in [7, 11) is 0. The first-order valence-corrected chi connectivity index (χ1v) is 6.32. The molecule has 1 saturated heterocycles. The van der Waals surface area contributed by atoms with Gasteiger partial charge in [0.15, 0.2) is 6.23 Å². The summed E-state index contributed by atoms with van der Waals surface area (Å²) < 4.78 is 6.99. The molecule has 0 spiro atoms. The Morgan fingerprint density at radius 3 is 2.60 bits per heavy atom. The molecule has 9 heteroatoms. The highest BCUT2D eigenvalue weighted by Gasteiger charge is 2.44. The van der Waals surface area contributed by atoms with Crippen LogP contribution in [-0.2, 0) is 11.3 Å². The first-order valence-electron chi connectivity index (χ1n) is 6.32. The van der Waals surface area contributed by atoms with E-state index in [0.29, 0.717) is 6.42 Å². The van der Waals surface area contributed by atoms with Gasteiger partial charge >= 0.3 is 5.69 Å². The number of ether oxygens (including phenoxy) is 1. The van der Waals surface area contributed by atoms with Gasteiger partial charge in [-0.3, -0.25) is 9.36 Å². The molecule has 0 radical (unpaired) electrons. The zero-order valence-electron chi connectivity index (χ0n) is 10.9. The zero-order valence-corrected chi connectivity index (χ0v) is 10.9. The van der Waals surface area contributed by atoms with Gasteiger partial charge in [-0.05, 0) is 6.42 Å². The summed E-state index contributed by atoms with van der Waals surface area (Å²) in [4.78, 5) is 23.7. The van der Waals surface area contributed by atoms with Crippen LogP contribution in [0, 0.1) is 0 Å². The number of aliphatic hydroxyl groups is 3. The van der Waals surface area contributed by atoms with Crippen molar-refractivity contribution in [1.82, 2.24) is 14.3 Å². The van der Waals surface area contributed by atoms with Crippen molar-refractivity contribution in [2.24, 2.45) is 0 Å². The number of hydrogen-bond acceptors (Lipinski definition) is 7. The van der Waals surface area contributed by atoms with E-state index in [1.165, 1.54) is 0 Å². The molecule has 4 atom stereocenters. The smallest absolute Gasteiger partial charge is 0.349 e. The standard InChI is InChI=1S/C11H17N3O6/c1-2-3-13-7(16)4-12-14(11(13)19)10-9(18)8(17)6(5-15)20-10/h4,6,8-10,15,17-18H,2-3,5H2,1H3/t6-,8-,9-,10-/m1/s1. The molecule has 0 amide bonds. The van der Waals surface area contributed by atoms with E-state index in [0.717, 1.165) is 15.4 Å². The minimum atomic E-state index is -1.41. The Morgan fingerprint density at radius 2 is 2.05 bits per heavy atom. The number of nitrogens with zero attached hydrogens (tertiary/aromatic N) is 3. The van der Waals surface area contributed by atoms with Crippen LogP contribution >= 0.6 is 0 Å². The number of rotatable bonds is 4. The van der Waals surface area contributed by atoms with Gasteiger partial charge in [0, 0.05) is 6.54 Å². The molecule has 1 aromatic rings. The fraction of sp³-hybridized carbons (Fsp3) is 0.727. The third kappa shape index (κ3) is 2.40. The zero-order chi connectivity index (χ0) is 14.9. The molecule has 20 heavy (non-hydrogen) atoms. The Hall–Kier alpha value is -1.55. The fourth-order valence-electron chi connectivity index (χ4n) is 2.13. The lowest BCUT2D eigenvalue weighted by atomic mass is 10.1. The Kier molecular flexibility index (Phi) is 4.33. The van der Waals surface area contributed by atoms with E-state index < -0.39 is 42.4 Å². The Labute approximate surface area is 113 Å². The summed E-state index contributed by atoms with van der Waals surface area (Å²) in [6, 6.07) is 0. The van der Waals surface area contributed by atoms with E-state index in [1.54, 1.807) is 0 Å². The maximum atomic E-state index is 12.1. The van der Waals surface area contributed by atoms with Crippen LogP contribution in [0.2, 0.25) is 0 Å². The molecule has 1 aliphatic rings. The van der Waals surface area contributed by atoms with Gasteiger partial charge in [0.05, 0.1) is 6.61 Å². The van der Waals surface area contributed by atoms with Gasteiger partial charge in [0.2, 0.25) is 0 Å². The minimum absolute atomic E-state index is 0.217. The van der Waals surface area contributed by atoms with Crippen LogP contribution < -0.4 is 11.2 Å². The van der Waals surface area contributed by atoms with Crippen molar-refractivity contribution in [3.63, 3.8) is 0 Å². The van der Waals surface area contributed by atoms with E-state index in [-0.39, 0.29) is 6.54 Å². The van der Waals surface area contributed by atoms with E-state index in [9.17, 15) is 19.8 Å². The van der Waals surface area contributed by atoms with Crippen LogP contribution in [0.15, 0.2) is 15.8 Å². The van der Waals surface area contributed by atoms with Gasteiger partial charge in [-0.1, -0.05) is 6.92 Å². The second-order valence-electron chi connectivity index (χ2n) is 4.59. The van der Waals surface area contributed by atoms with Gasteiger partial charge in [-0.25, -0.2) is 4.79 Å². The highest BCUT2D eigenvalue weighted by Crippen LogP contribution is 2.27. The first kappa shape index (κ1) is 14.9. The lowest BCUT2D eigenvalue weighted by Crippen LogP contribution is -2.44. The van der Waals surface area contributed by atoms with Gasteiger partial charge < -0.3 is 20.1 Å². The Morgan fingerprint density at radius 1 is 1.35 bits per heavy atom. The molecule has 1 aromatic heterocycles. The van der Waals surface area contributed by atoms with Crippen molar-refractivity contribution >= 4 is 0 Å². The number of aliphatic hydroxyl groups excluding tert-OH is 3. The lowest BCUT2D eigenvalue weighted by Gasteiger charge is -2.17. The van der Waals surface area contributed by atoms with Crippen LogP contribution in [-0.4, -0.2) is 54.6 Å². The molecular weight excluding hydrogens is 270 g/mol. The van der Waals surface area contributed by atoms with E-state index in [2.05, 4.69) is 5.10 Å². The molecule has 2 rings (SSSR count). The van der Waals surface area contributed by atoms with Crippen LogP contribution in [0.5, 0.6) is 0 Å². The largest absolute Gasteiger partial charge is 0.394 e. The molecule has 0 aliphatic carbocycles. The molecule has 0 unspecified atom stereocenters. The SMILES string of the molecule is CCCn1c(=O)cnn([C@@H]2O[C@H](CO)[C@@H](O)[C@H]2O)c1=O. The average Bonchev–Trinajstić information content (AvgIpc) is 2.71. The van der Waals surface area contributed by atoms with Crippen molar-refractivity contribution in [2.75, 3.05) is 6.61 Å². The highest BCUT2D eigenvalue weighted by atomic mass is 16.6. The summed E-state index contributed by atoms with van der Waals surface area (Å²) in [6.07, 6.45) is -3.45. The molecule has 3 N–H and O–H groups in total. The molecule has 112 valence electrons. The summed E-state index contributed by atoms with van der Waals surface area (Å²) in [5.74, 6) is 0. The van der Waals surface area contributed by atoms with Gasteiger partial charge in [0.25, 0.3) is 5.56 Å². The monoisotopic (exact) mass is 287 g/mol. The summed E-state index contributed by atoms with van der Waals surface area (Å²) in [6.45, 7) is 1.52. The normalized spacial score (nSPS) is 29.8. The van der Waals surface area contributed by atoms with Gasteiger partial charge in [-0.15, -0.1) is 0 Å². The summed E-state index contributed by atoms with van der Waals surface area (Å²) in [5, 5.41) is 32.2. The van der Waals surface area contributed by atoms with E-state index in [1.807, 2.05) is 6.92 Å². The predicted molar refractivity (Wildman–Crippen MR) is 66.1 cm³/mol. The van der Waals surface area contributed by atoms with E-state index >= 15 is 0 Å². The van der Waals surface area contributed by atoms with Crippen LogP contribution in [0.25, 0.3) is 0 Å². The van der Waals surface area contributed by atoms with E-state index in [4.69, 9.17) is 9.84 Å². The number of hydrogen-bond donors (Lipinski definition) is 3. The molecular formula is C11H17N3O6. The maximum Gasteiger partial charge on any atom is 0.349 e. The van der Waals surface area contributed by atoms with Crippen molar-refractivity contribution in [1.29, 1.82) is 0 Å². The summed E-state index contributed by atoms with van der Waals surface area (Å²) in [5.41, 5.74) is -1.27. The topological polar surface area (TPSA) is 127 Å². The number of aromatic nitrogens is 3. The maximum absolute atomic E-state index is 12.1. The minimum Gasteiger partial charge on any atom is -0.394 e. The predicted octanol–water partition coefficient (Wildman–Crippen LogP) is -2.57. The molecule has 0 aromatic carbocycles. The molecule has 0 saturated carbocycles. The van der Waals surface area contributed by atoms with Crippen LogP contribution in [0.3, 0.4) is 0 Å². The molecule has 2 heterocycles. The quantitative estimate of drug-likeness (QED) is 0.555. The third-order valence-electron chi connectivity index (χ3n) is 3.19. The van der Waals surface area contributed by atoms with Gasteiger partial charge in [0.1, 0.15) is 24.5 Å². The molecule has 1 fully saturated rings. The second kappa shape index (κ2) is 5.83. The average molecular weight is 287 g/mol. The third-order valence-corrected chi connectivity index (χ3v) is 3.19. The van der Waals surface area contributed by atoms with Crippen molar-refractivity contribution in [3.8, 4) is 0 Å². The summed E-state index contributed by atoms with van der Waals surface area (Å²) >= 11 is 0. The lowest BCUT2D eigenvalue weighted by molar-refractivity contribution is -0.0625. The van der Waals surface area contributed by atoms with Crippen LogP contribution in [0.4, 0.5) is 0 Å². The molecule has 1 aliphatic heterocycles. The van der Waals surface area contributed by atoms with Crippen molar-refractivity contribution < 1.29 is 20.1 Å². The highest BCUT2D eigenvalue weighted by molar-refractivity contribution is 4.89.